The summed E-state index contributed by atoms with van der Waals surface area (Å²) in [5.74, 6) is -1.43. The van der Waals surface area contributed by atoms with Crippen molar-refractivity contribution >= 4 is 17.7 Å². The molecule has 148 valence electrons. The normalized spacial score (nSPS) is 9.93. The average Bonchev–Trinajstić information content (AvgIpc) is 2.70. The van der Waals surface area contributed by atoms with Crippen molar-refractivity contribution in [3.05, 3.63) is 59.9 Å². The highest BCUT2D eigenvalue weighted by molar-refractivity contribution is 5.98. The number of amides is 3. The minimum Gasteiger partial charge on any atom is -0.493 e. The molecule has 3 amide bonds. The lowest BCUT2D eigenvalue weighted by molar-refractivity contribution is -0.129. The van der Waals surface area contributed by atoms with Crippen LogP contribution >= 0.6 is 0 Å². The molecule has 0 bridgehead atoms. The van der Waals surface area contributed by atoms with Crippen LogP contribution in [-0.4, -0.2) is 37.5 Å². The SMILES string of the molecule is CCOc1ccccc1C(=O)NCC(=O)NNC(=O)COc1ccc(F)cc1. The summed E-state index contributed by atoms with van der Waals surface area (Å²) in [7, 11) is 0. The van der Waals surface area contributed by atoms with E-state index in [9.17, 15) is 18.8 Å². The molecule has 0 spiro atoms. The van der Waals surface area contributed by atoms with Crippen LogP contribution in [0.25, 0.3) is 0 Å². The second-order valence-corrected chi connectivity index (χ2v) is 5.45. The van der Waals surface area contributed by atoms with Gasteiger partial charge in [0.1, 0.15) is 17.3 Å². The largest absolute Gasteiger partial charge is 0.493 e. The summed E-state index contributed by atoms with van der Waals surface area (Å²) in [4.78, 5) is 35.5. The van der Waals surface area contributed by atoms with Crippen molar-refractivity contribution < 1.29 is 28.2 Å². The zero-order valence-electron chi connectivity index (χ0n) is 15.2. The maximum absolute atomic E-state index is 12.8. The summed E-state index contributed by atoms with van der Waals surface area (Å²) in [6.07, 6.45) is 0. The molecule has 28 heavy (non-hydrogen) atoms. The van der Waals surface area contributed by atoms with Crippen molar-refractivity contribution in [1.29, 1.82) is 0 Å². The van der Waals surface area contributed by atoms with Crippen LogP contribution in [0.2, 0.25) is 0 Å². The van der Waals surface area contributed by atoms with Crippen LogP contribution in [0.1, 0.15) is 17.3 Å². The number of hydrogen-bond acceptors (Lipinski definition) is 5. The van der Waals surface area contributed by atoms with Gasteiger partial charge in [-0.3, -0.25) is 25.2 Å². The lowest BCUT2D eigenvalue weighted by Crippen LogP contribution is -2.47. The molecule has 0 unspecified atom stereocenters. The van der Waals surface area contributed by atoms with Crippen LogP contribution < -0.4 is 25.6 Å². The molecule has 0 saturated heterocycles. The average molecular weight is 389 g/mol. The Morgan fingerprint density at radius 1 is 0.929 bits per heavy atom. The van der Waals surface area contributed by atoms with Gasteiger partial charge in [-0.2, -0.15) is 0 Å². The van der Waals surface area contributed by atoms with E-state index in [0.717, 1.165) is 0 Å². The minimum absolute atomic E-state index is 0.300. The van der Waals surface area contributed by atoms with Crippen molar-refractivity contribution in [2.45, 2.75) is 6.92 Å². The minimum atomic E-state index is -0.627. The highest BCUT2D eigenvalue weighted by Gasteiger charge is 2.13. The Kier molecular flexibility index (Phi) is 7.77. The Morgan fingerprint density at radius 3 is 2.32 bits per heavy atom. The fourth-order valence-corrected chi connectivity index (χ4v) is 2.09. The molecule has 0 saturated carbocycles. The number of halogens is 1. The van der Waals surface area contributed by atoms with Crippen molar-refractivity contribution in [2.24, 2.45) is 0 Å². The van der Waals surface area contributed by atoms with Crippen LogP contribution in [-0.2, 0) is 9.59 Å². The summed E-state index contributed by atoms with van der Waals surface area (Å²) in [6.45, 7) is 1.47. The predicted molar refractivity (Wildman–Crippen MR) is 98.1 cm³/mol. The Balaban J connectivity index is 1.71. The van der Waals surface area contributed by atoms with Gasteiger partial charge >= 0.3 is 0 Å². The standard InChI is InChI=1S/C19H20FN3O5/c1-2-27-16-6-4-3-5-15(16)19(26)21-11-17(24)22-23-18(25)12-28-14-9-7-13(20)8-10-14/h3-10H,2,11-12H2,1H3,(H,21,26)(H,22,24)(H,23,25). The van der Waals surface area contributed by atoms with Crippen molar-refractivity contribution in [1.82, 2.24) is 16.2 Å². The van der Waals surface area contributed by atoms with E-state index < -0.39 is 23.5 Å². The highest BCUT2D eigenvalue weighted by Crippen LogP contribution is 2.17. The van der Waals surface area contributed by atoms with Gasteiger partial charge in [0.05, 0.1) is 18.7 Å². The number of hydrogen-bond donors (Lipinski definition) is 3. The van der Waals surface area contributed by atoms with Gasteiger partial charge in [0.25, 0.3) is 17.7 Å². The summed E-state index contributed by atoms with van der Waals surface area (Å²) < 4.78 is 23.3. The van der Waals surface area contributed by atoms with Gasteiger partial charge in [-0.1, -0.05) is 12.1 Å². The van der Waals surface area contributed by atoms with E-state index in [1.807, 2.05) is 0 Å². The fraction of sp³-hybridized carbons (Fsp3) is 0.211. The number of benzene rings is 2. The molecule has 2 aromatic carbocycles. The van der Waals surface area contributed by atoms with Gasteiger partial charge in [-0.05, 0) is 43.3 Å². The first-order chi connectivity index (χ1) is 13.5. The Hall–Kier alpha value is -3.62. The molecular weight excluding hydrogens is 369 g/mol. The van der Waals surface area contributed by atoms with Gasteiger partial charge < -0.3 is 14.8 Å². The summed E-state index contributed by atoms with van der Waals surface area (Å²) in [5, 5.41) is 2.44. The quantitative estimate of drug-likeness (QED) is 0.588. The van der Waals surface area contributed by atoms with Crippen LogP contribution in [0.4, 0.5) is 4.39 Å². The van der Waals surface area contributed by atoms with Gasteiger partial charge in [0.2, 0.25) is 0 Å². The van der Waals surface area contributed by atoms with Gasteiger partial charge in [0, 0.05) is 0 Å². The van der Waals surface area contributed by atoms with E-state index in [1.54, 1.807) is 31.2 Å². The monoisotopic (exact) mass is 389 g/mol. The molecule has 0 aliphatic carbocycles. The topological polar surface area (TPSA) is 106 Å². The summed E-state index contributed by atoms with van der Waals surface area (Å²) in [5.41, 5.74) is 4.60. The molecular formula is C19H20FN3O5. The number of para-hydroxylation sites is 1. The molecule has 0 aliphatic rings. The first-order valence-corrected chi connectivity index (χ1v) is 8.45. The number of carbonyl (C=O) groups excluding carboxylic acids is 3. The zero-order valence-corrected chi connectivity index (χ0v) is 15.2. The Morgan fingerprint density at radius 2 is 1.61 bits per heavy atom. The molecule has 0 heterocycles. The molecule has 0 fully saturated rings. The number of nitrogens with one attached hydrogen (secondary N) is 3. The maximum atomic E-state index is 12.8. The lowest BCUT2D eigenvalue weighted by atomic mass is 10.2. The van der Waals surface area contributed by atoms with E-state index in [1.165, 1.54) is 24.3 Å². The van der Waals surface area contributed by atoms with Gasteiger partial charge in [0.15, 0.2) is 6.61 Å². The number of rotatable bonds is 8. The zero-order chi connectivity index (χ0) is 20.4. The second kappa shape index (κ2) is 10.5. The second-order valence-electron chi connectivity index (χ2n) is 5.45. The van der Waals surface area contributed by atoms with E-state index in [2.05, 4.69) is 16.2 Å². The van der Waals surface area contributed by atoms with Crippen molar-refractivity contribution in [3.8, 4) is 11.5 Å². The summed E-state index contributed by atoms with van der Waals surface area (Å²) in [6, 6.07) is 11.8. The van der Waals surface area contributed by atoms with Crippen LogP contribution in [0.5, 0.6) is 11.5 Å². The first-order valence-electron chi connectivity index (χ1n) is 8.45. The number of carbonyl (C=O) groups is 3. The Bertz CT molecular complexity index is 827. The van der Waals surface area contributed by atoms with E-state index >= 15 is 0 Å². The summed E-state index contributed by atoms with van der Waals surface area (Å²) >= 11 is 0. The van der Waals surface area contributed by atoms with Crippen LogP contribution in [0.15, 0.2) is 48.5 Å². The van der Waals surface area contributed by atoms with Crippen molar-refractivity contribution in [2.75, 3.05) is 19.8 Å². The molecule has 0 aliphatic heterocycles. The van der Waals surface area contributed by atoms with E-state index in [-0.39, 0.29) is 13.2 Å². The lowest BCUT2D eigenvalue weighted by Gasteiger charge is -2.11. The Labute approximate surface area is 161 Å². The third-order valence-corrected chi connectivity index (χ3v) is 3.37. The van der Waals surface area contributed by atoms with Crippen LogP contribution in [0, 0.1) is 5.82 Å². The molecule has 2 aromatic rings. The van der Waals surface area contributed by atoms with E-state index in [0.29, 0.717) is 23.7 Å². The third-order valence-electron chi connectivity index (χ3n) is 3.37. The molecule has 2 rings (SSSR count). The van der Waals surface area contributed by atoms with Crippen LogP contribution in [0.3, 0.4) is 0 Å². The molecule has 3 N–H and O–H groups in total. The molecule has 0 atom stereocenters. The fourth-order valence-electron chi connectivity index (χ4n) is 2.09. The molecule has 0 radical (unpaired) electrons. The van der Waals surface area contributed by atoms with E-state index in [4.69, 9.17) is 9.47 Å². The van der Waals surface area contributed by atoms with Gasteiger partial charge in [-0.15, -0.1) is 0 Å². The van der Waals surface area contributed by atoms with Crippen molar-refractivity contribution in [3.63, 3.8) is 0 Å². The van der Waals surface area contributed by atoms with Gasteiger partial charge in [-0.25, -0.2) is 4.39 Å². The predicted octanol–water partition coefficient (Wildman–Crippen LogP) is 1.18. The molecule has 0 aromatic heterocycles. The highest BCUT2D eigenvalue weighted by atomic mass is 19.1. The number of hydrazine groups is 1. The number of ether oxygens (including phenoxy) is 2. The molecule has 8 nitrogen and oxygen atoms in total. The third kappa shape index (κ3) is 6.60. The maximum Gasteiger partial charge on any atom is 0.276 e. The first kappa shape index (κ1) is 20.7. The molecule has 9 heteroatoms. The smallest absolute Gasteiger partial charge is 0.276 e.